The van der Waals surface area contributed by atoms with Crippen molar-refractivity contribution in [1.29, 1.82) is 0 Å². The molecular formula is C24H30ClNO3. The highest BCUT2D eigenvalue weighted by Crippen LogP contribution is 2.40. The molecule has 4 rings (SSSR count). The summed E-state index contributed by atoms with van der Waals surface area (Å²) in [4.78, 5) is 0. The van der Waals surface area contributed by atoms with Crippen LogP contribution < -0.4 is 15.2 Å². The summed E-state index contributed by atoms with van der Waals surface area (Å²) < 4.78 is 11.3. The van der Waals surface area contributed by atoms with Crippen LogP contribution in [0.1, 0.15) is 48.3 Å². The zero-order chi connectivity index (χ0) is 20.4. The molecular weight excluding hydrogens is 386 g/mol. The van der Waals surface area contributed by atoms with Crippen LogP contribution in [0.25, 0.3) is 0 Å². The Bertz CT molecular complexity index is 871. The van der Waals surface area contributed by atoms with Gasteiger partial charge < -0.3 is 20.3 Å². The molecule has 156 valence electrons. The molecule has 3 N–H and O–H groups in total. The van der Waals surface area contributed by atoms with E-state index < -0.39 is 5.54 Å². The minimum atomic E-state index is -0.398. The van der Waals surface area contributed by atoms with Gasteiger partial charge in [-0.3, -0.25) is 0 Å². The third-order valence-corrected chi connectivity index (χ3v) is 6.92. The average Bonchev–Trinajstić information content (AvgIpc) is 3.15. The van der Waals surface area contributed by atoms with Crippen LogP contribution in [0, 0.1) is 5.92 Å². The van der Waals surface area contributed by atoms with Crippen LogP contribution in [0.4, 0.5) is 0 Å². The molecule has 0 unspecified atom stereocenters. The molecule has 2 aliphatic rings. The van der Waals surface area contributed by atoms with E-state index in [9.17, 15) is 5.11 Å². The van der Waals surface area contributed by atoms with Crippen molar-refractivity contribution in [2.75, 3.05) is 20.3 Å². The van der Waals surface area contributed by atoms with E-state index in [2.05, 4.69) is 18.2 Å². The highest BCUT2D eigenvalue weighted by Gasteiger charge is 2.36. The van der Waals surface area contributed by atoms with Crippen LogP contribution in [0.5, 0.6) is 11.5 Å². The molecule has 0 aromatic heterocycles. The van der Waals surface area contributed by atoms with Crippen molar-refractivity contribution >= 4 is 11.6 Å². The standard InChI is InChI=1S/C24H30ClNO3/c1-28-21-6-7-22(25)23(12-21)29-14-16-2-3-18-11-19(5-4-17(18)10-16)20-8-9-24(26,13-20)15-27/h4-7,11-12,16,20,27H,2-3,8-10,13-15,26H2,1H3/t16-,20-,24-/m1/s1. The summed E-state index contributed by atoms with van der Waals surface area (Å²) in [5.74, 6) is 2.38. The van der Waals surface area contributed by atoms with Crippen molar-refractivity contribution in [3.63, 3.8) is 0 Å². The molecule has 0 heterocycles. The second-order valence-electron chi connectivity index (χ2n) is 8.70. The lowest BCUT2D eigenvalue weighted by atomic mass is 9.82. The first-order valence-electron chi connectivity index (χ1n) is 10.5. The van der Waals surface area contributed by atoms with Crippen molar-refractivity contribution in [3.8, 4) is 11.5 Å². The molecule has 5 heteroatoms. The molecule has 1 saturated carbocycles. The molecule has 0 radical (unpaired) electrons. The summed E-state index contributed by atoms with van der Waals surface area (Å²) in [6.45, 7) is 0.732. The summed E-state index contributed by atoms with van der Waals surface area (Å²) in [6.07, 6.45) is 6.05. The Morgan fingerprint density at radius 3 is 2.79 bits per heavy atom. The Balaban J connectivity index is 1.38. The van der Waals surface area contributed by atoms with Crippen LogP contribution in [0.15, 0.2) is 36.4 Å². The van der Waals surface area contributed by atoms with Gasteiger partial charge >= 0.3 is 0 Å². The molecule has 2 aromatic rings. The summed E-state index contributed by atoms with van der Waals surface area (Å²) in [5.41, 5.74) is 10.1. The van der Waals surface area contributed by atoms with Crippen molar-refractivity contribution in [2.24, 2.45) is 11.7 Å². The number of rotatable bonds is 6. The molecule has 0 aliphatic heterocycles. The van der Waals surface area contributed by atoms with Crippen LogP contribution in [-0.2, 0) is 12.8 Å². The zero-order valence-electron chi connectivity index (χ0n) is 17.0. The first kappa shape index (κ1) is 20.5. The maximum atomic E-state index is 9.54. The van der Waals surface area contributed by atoms with Crippen molar-refractivity contribution in [2.45, 2.75) is 50.0 Å². The minimum Gasteiger partial charge on any atom is -0.497 e. The minimum absolute atomic E-state index is 0.0768. The van der Waals surface area contributed by atoms with Gasteiger partial charge in [0.25, 0.3) is 0 Å². The highest BCUT2D eigenvalue weighted by molar-refractivity contribution is 6.32. The number of aryl methyl sites for hydroxylation is 1. The van der Waals surface area contributed by atoms with Crippen molar-refractivity contribution in [1.82, 2.24) is 0 Å². The third-order valence-electron chi connectivity index (χ3n) is 6.60. The SMILES string of the molecule is COc1ccc(Cl)c(OC[C@@H]2CCc3cc([C@@H]4CC[C@](N)(CO)C4)ccc3C2)c1. The normalized spacial score (nSPS) is 26.2. The van der Waals surface area contributed by atoms with Crippen LogP contribution >= 0.6 is 11.6 Å². The number of aliphatic hydroxyl groups is 1. The number of nitrogens with two attached hydrogens (primary N) is 1. The lowest BCUT2D eigenvalue weighted by Gasteiger charge is -2.26. The molecule has 2 aromatic carbocycles. The van der Waals surface area contributed by atoms with Gasteiger partial charge in [-0.05, 0) is 79.2 Å². The van der Waals surface area contributed by atoms with Gasteiger partial charge in [0.15, 0.2) is 0 Å². The second-order valence-corrected chi connectivity index (χ2v) is 9.11. The largest absolute Gasteiger partial charge is 0.497 e. The fourth-order valence-corrected chi connectivity index (χ4v) is 4.93. The number of hydrogen-bond donors (Lipinski definition) is 2. The van der Waals surface area contributed by atoms with E-state index >= 15 is 0 Å². The molecule has 0 bridgehead atoms. The summed E-state index contributed by atoms with van der Waals surface area (Å²) in [6, 6.07) is 12.4. The highest BCUT2D eigenvalue weighted by atomic mass is 35.5. The topological polar surface area (TPSA) is 64.7 Å². The van der Waals surface area contributed by atoms with Crippen molar-refractivity contribution in [3.05, 3.63) is 58.1 Å². The maximum Gasteiger partial charge on any atom is 0.141 e. The second kappa shape index (κ2) is 8.55. The number of methoxy groups -OCH3 is 1. The number of benzene rings is 2. The Morgan fingerprint density at radius 2 is 2.03 bits per heavy atom. The first-order valence-corrected chi connectivity index (χ1v) is 10.9. The van der Waals surface area contributed by atoms with E-state index in [0.29, 0.717) is 29.2 Å². The van der Waals surface area contributed by atoms with Gasteiger partial charge in [-0.25, -0.2) is 0 Å². The lowest BCUT2D eigenvalue weighted by Crippen LogP contribution is -2.40. The van der Waals surface area contributed by atoms with E-state index in [1.165, 1.54) is 16.7 Å². The lowest BCUT2D eigenvalue weighted by molar-refractivity contribution is 0.198. The van der Waals surface area contributed by atoms with E-state index in [4.69, 9.17) is 26.8 Å². The zero-order valence-corrected chi connectivity index (χ0v) is 17.8. The summed E-state index contributed by atoms with van der Waals surface area (Å²) in [7, 11) is 1.64. The molecule has 0 saturated heterocycles. The van der Waals surface area contributed by atoms with Crippen LogP contribution in [0.2, 0.25) is 5.02 Å². The number of hydrogen-bond acceptors (Lipinski definition) is 4. The summed E-state index contributed by atoms with van der Waals surface area (Å²) in [5, 5.41) is 10.2. The Labute approximate surface area is 178 Å². The average molecular weight is 416 g/mol. The third kappa shape index (κ3) is 4.55. The number of aliphatic hydroxyl groups excluding tert-OH is 1. The number of ether oxygens (including phenoxy) is 2. The predicted molar refractivity (Wildman–Crippen MR) is 116 cm³/mol. The quantitative estimate of drug-likeness (QED) is 0.729. The van der Waals surface area contributed by atoms with Gasteiger partial charge in [-0.2, -0.15) is 0 Å². The van der Waals surface area contributed by atoms with Gasteiger partial charge in [-0.15, -0.1) is 0 Å². The fraction of sp³-hybridized carbons (Fsp3) is 0.500. The van der Waals surface area contributed by atoms with E-state index in [1.807, 2.05) is 18.2 Å². The molecule has 29 heavy (non-hydrogen) atoms. The Hall–Kier alpha value is -1.75. The Morgan fingerprint density at radius 1 is 1.17 bits per heavy atom. The fourth-order valence-electron chi connectivity index (χ4n) is 4.76. The molecule has 0 spiro atoms. The summed E-state index contributed by atoms with van der Waals surface area (Å²) >= 11 is 6.26. The van der Waals surface area contributed by atoms with E-state index in [0.717, 1.165) is 44.3 Å². The molecule has 1 fully saturated rings. The van der Waals surface area contributed by atoms with Crippen LogP contribution in [0.3, 0.4) is 0 Å². The van der Waals surface area contributed by atoms with Gasteiger partial charge in [-0.1, -0.05) is 29.8 Å². The van der Waals surface area contributed by atoms with E-state index in [1.54, 1.807) is 7.11 Å². The van der Waals surface area contributed by atoms with Crippen molar-refractivity contribution < 1.29 is 14.6 Å². The molecule has 0 amide bonds. The smallest absolute Gasteiger partial charge is 0.141 e. The van der Waals surface area contributed by atoms with Gasteiger partial charge in [0.1, 0.15) is 11.5 Å². The van der Waals surface area contributed by atoms with Gasteiger partial charge in [0.05, 0.1) is 25.3 Å². The monoisotopic (exact) mass is 415 g/mol. The first-order chi connectivity index (χ1) is 14.0. The molecule has 3 atom stereocenters. The van der Waals surface area contributed by atoms with Gasteiger partial charge in [0.2, 0.25) is 0 Å². The predicted octanol–water partition coefficient (Wildman–Crippen LogP) is 4.49. The van der Waals surface area contributed by atoms with E-state index in [-0.39, 0.29) is 6.61 Å². The van der Waals surface area contributed by atoms with Gasteiger partial charge in [0, 0.05) is 11.6 Å². The number of fused-ring (bicyclic) bond motifs is 1. The molecule has 4 nitrogen and oxygen atoms in total. The molecule has 2 aliphatic carbocycles. The Kier molecular flexibility index (Phi) is 6.05. The number of halogens is 1. The van der Waals surface area contributed by atoms with Crippen LogP contribution in [-0.4, -0.2) is 31.0 Å². The maximum absolute atomic E-state index is 9.54.